The van der Waals surface area contributed by atoms with Crippen LogP contribution < -0.4 is 5.32 Å². The van der Waals surface area contributed by atoms with Gasteiger partial charge in [0.05, 0.1) is 18.7 Å². The molecule has 4 heteroatoms. The maximum Gasteiger partial charge on any atom is 0.0705 e. The molecule has 0 bridgehead atoms. The number of ether oxygens (including phenoxy) is 2. The van der Waals surface area contributed by atoms with Crippen molar-refractivity contribution in [3.8, 4) is 0 Å². The highest BCUT2D eigenvalue weighted by Crippen LogP contribution is 2.25. The van der Waals surface area contributed by atoms with Gasteiger partial charge in [-0.3, -0.25) is 4.98 Å². The summed E-state index contributed by atoms with van der Waals surface area (Å²) in [7, 11) is 1.69. The van der Waals surface area contributed by atoms with E-state index < -0.39 is 0 Å². The first-order valence-electron chi connectivity index (χ1n) is 7.50. The van der Waals surface area contributed by atoms with Gasteiger partial charge in [-0.1, -0.05) is 25.1 Å². The Kier molecular flexibility index (Phi) is 6.60. The van der Waals surface area contributed by atoms with Crippen molar-refractivity contribution in [3.05, 3.63) is 42.1 Å². The molecule has 1 aromatic carbocycles. The number of rotatable bonds is 9. The molecule has 0 saturated heterocycles. The van der Waals surface area contributed by atoms with E-state index in [-0.39, 0.29) is 6.04 Å². The van der Waals surface area contributed by atoms with Crippen LogP contribution in [0.2, 0.25) is 0 Å². The fraction of sp³-hybridized carbons (Fsp3) is 0.471. The van der Waals surface area contributed by atoms with Crippen molar-refractivity contribution in [1.29, 1.82) is 0 Å². The Hall–Kier alpha value is -1.49. The lowest BCUT2D eigenvalue weighted by molar-refractivity contribution is 0.0659. The number of nitrogens with one attached hydrogen (secondary N) is 1. The Labute approximate surface area is 126 Å². The van der Waals surface area contributed by atoms with Gasteiger partial charge < -0.3 is 14.8 Å². The SMILES string of the molecule is CCNC(CCOCCOC)c1cccc2ncccc12. The summed E-state index contributed by atoms with van der Waals surface area (Å²) >= 11 is 0. The van der Waals surface area contributed by atoms with Crippen LogP contribution in [0, 0.1) is 0 Å². The summed E-state index contributed by atoms with van der Waals surface area (Å²) < 4.78 is 10.6. The highest BCUT2D eigenvalue weighted by molar-refractivity contribution is 5.82. The molecule has 2 rings (SSSR count). The molecule has 1 aromatic heterocycles. The molecule has 0 spiro atoms. The van der Waals surface area contributed by atoms with Gasteiger partial charge in [0.15, 0.2) is 0 Å². The minimum absolute atomic E-state index is 0.283. The molecule has 21 heavy (non-hydrogen) atoms. The molecule has 1 N–H and O–H groups in total. The molecular weight excluding hydrogens is 264 g/mol. The van der Waals surface area contributed by atoms with Crippen molar-refractivity contribution in [2.75, 3.05) is 33.5 Å². The van der Waals surface area contributed by atoms with Crippen molar-refractivity contribution in [2.45, 2.75) is 19.4 Å². The van der Waals surface area contributed by atoms with Crippen LogP contribution in [0.4, 0.5) is 0 Å². The number of nitrogens with zero attached hydrogens (tertiary/aromatic N) is 1. The first kappa shape index (κ1) is 15.9. The summed E-state index contributed by atoms with van der Waals surface area (Å²) in [5.74, 6) is 0. The predicted molar refractivity (Wildman–Crippen MR) is 85.5 cm³/mol. The molecule has 0 radical (unpaired) electrons. The molecule has 1 heterocycles. The average Bonchev–Trinajstić information content (AvgIpc) is 2.53. The first-order valence-corrected chi connectivity index (χ1v) is 7.50. The van der Waals surface area contributed by atoms with Crippen LogP contribution in [0.5, 0.6) is 0 Å². The van der Waals surface area contributed by atoms with Gasteiger partial charge in [-0.05, 0) is 30.7 Å². The molecule has 4 nitrogen and oxygen atoms in total. The smallest absolute Gasteiger partial charge is 0.0705 e. The number of pyridine rings is 1. The summed E-state index contributed by atoms with van der Waals surface area (Å²) in [6.45, 7) is 5.07. The third-order valence-electron chi connectivity index (χ3n) is 3.49. The zero-order chi connectivity index (χ0) is 14.9. The molecule has 2 aromatic rings. The van der Waals surface area contributed by atoms with Crippen molar-refractivity contribution in [2.24, 2.45) is 0 Å². The standard InChI is InChI=1S/C17H24N2O2/c1-3-18-17(9-11-21-13-12-20-2)14-6-4-8-16-15(14)7-5-10-19-16/h4-8,10,17-18H,3,9,11-13H2,1-2H3. The number of hydrogen-bond acceptors (Lipinski definition) is 4. The van der Waals surface area contributed by atoms with Gasteiger partial charge in [0.2, 0.25) is 0 Å². The van der Waals surface area contributed by atoms with Gasteiger partial charge >= 0.3 is 0 Å². The van der Waals surface area contributed by atoms with Crippen LogP contribution in [-0.2, 0) is 9.47 Å². The first-order chi connectivity index (χ1) is 10.4. The van der Waals surface area contributed by atoms with E-state index in [1.807, 2.05) is 12.3 Å². The van der Waals surface area contributed by atoms with E-state index in [1.54, 1.807) is 7.11 Å². The van der Waals surface area contributed by atoms with Gasteiger partial charge in [-0.2, -0.15) is 0 Å². The van der Waals surface area contributed by atoms with E-state index in [2.05, 4.69) is 41.5 Å². The minimum Gasteiger partial charge on any atom is -0.382 e. The summed E-state index contributed by atoms with van der Waals surface area (Å²) in [4.78, 5) is 4.43. The van der Waals surface area contributed by atoms with E-state index in [1.165, 1.54) is 10.9 Å². The number of methoxy groups -OCH3 is 1. The third-order valence-corrected chi connectivity index (χ3v) is 3.49. The summed E-state index contributed by atoms with van der Waals surface area (Å²) in [5.41, 5.74) is 2.33. The second-order valence-corrected chi connectivity index (χ2v) is 4.92. The maximum atomic E-state index is 5.60. The number of aromatic nitrogens is 1. The zero-order valence-electron chi connectivity index (χ0n) is 12.8. The lowest BCUT2D eigenvalue weighted by atomic mass is 9.99. The van der Waals surface area contributed by atoms with E-state index >= 15 is 0 Å². The lowest BCUT2D eigenvalue weighted by Gasteiger charge is -2.20. The van der Waals surface area contributed by atoms with Gasteiger partial charge in [0, 0.05) is 31.3 Å². The third kappa shape index (κ3) is 4.49. The molecule has 0 aliphatic heterocycles. The number of fused-ring (bicyclic) bond motifs is 1. The quantitative estimate of drug-likeness (QED) is 0.721. The Morgan fingerprint density at radius 2 is 2.05 bits per heavy atom. The zero-order valence-corrected chi connectivity index (χ0v) is 12.8. The molecule has 0 fully saturated rings. The van der Waals surface area contributed by atoms with Crippen molar-refractivity contribution in [3.63, 3.8) is 0 Å². The van der Waals surface area contributed by atoms with Crippen LogP contribution >= 0.6 is 0 Å². The monoisotopic (exact) mass is 288 g/mol. The molecule has 114 valence electrons. The largest absolute Gasteiger partial charge is 0.382 e. The lowest BCUT2D eigenvalue weighted by Crippen LogP contribution is -2.23. The van der Waals surface area contributed by atoms with Crippen LogP contribution in [-0.4, -0.2) is 38.5 Å². The summed E-state index contributed by atoms with van der Waals surface area (Å²) in [6, 6.07) is 10.7. The summed E-state index contributed by atoms with van der Waals surface area (Å²) in [6.07, 6.45) is 2.77. The average molecular weight is 288 g/mol. The van der Waals surface area contributed by atoms with Crippen LogP contribution in [0.25, 0.3) is 10.9 Å². The fourth-order valence-corrected chi connectivity index (χ4v) is 2.49. The van der Waals surface area contributed by atoms with Crippen molar-refractivity contribution >= 4 is 10.9 Å². The second-order valence-electron chi connectivity index (χ2n) is 4.92. The predicted octanol–water partition coefficient (Wildman–Crippen LogP) is 2.94. The summed E-state index contributed by atoms with van der Waals surface area (Å²) in [5, 5.41) is 4.75. The van der Waals surface area contributed by atoms with Gasteiger partial charge in [0.1, 0.15) is 0 Å². The molecule has 0 amide bonds. The van der Waals surface area contributed by atoms with E-state index in [0.29, 0.717) is 13.2 Å². The normalized spacial score (nSPS) is 12.7. The van der Waals surface area contributed by atoms with Crippen molar-refractivity contribution in [1.82, 2.24) is 10.3 Å². The van der Waals surface area contributed by atoms with E-state index in [9.17, 15) is 0 Å². The van der Waals surface area contributed by atoms with Crippen LogP contribution in [0.1, 0.15) is 24.9 Å². The molecule has 0 saturated carbocycles. The van der Waals surface area contributed by atoms with Crippen molar-refractivity contribution < 1.29 is 9.47 Å². The highest BCUT2D eigenvalue weighted by atomic mass is 16.5. The molecular formula is C17H24N2O2. The van der Waals surface area contributed by atoms with E-state index in [0.717, 1.165) is 25.1 Å². The Balaban J connectivity index is 2.08. The van der Waals surface area contributed by atoms with Gasteiger partial charge in [-0.15, -0.1) is 0 Å². The number of benzene rings is 1. The maximum absolute atomic E-state index is 5.60. The fourth-order valence-electron chi connectivity index (χ4n) is 2.49. The molecule has 1 unspecified atom stereocenters. The topological polar surface area (TPSA) is 43.4 Å². The minimum atomic E-state index is 0.283. The number of hydrogen-bond donors (Lipinski definition) is 1. The van der Waals surface area contributed by atoms with Gasteiger partial charge in [-0.25, -0.2) is 0 Å². The van der Waals surface area contributed by atoms with Gasteiger partial charge in [0.25, 0.3) is 0 Å². The second kappa shape index (κ2) is 8.72. The molecule has 0 aliphatic rings. The Bertz CT molecular complexity index is 540. The highest BCUT2D eigenvalue weighted by Gasteiger charge is 2.13. The Morgan fingerprint density at radius 3 is 2.86 bits per heavy atom. The molecule has 1 atom stereocenters. The Morgan fingerprint density at radius 1 is 1.14 bits per heavy atom. The van der Waals surface area contributed by atoms with Crippen LogP contribution in [0.3, 0.4) is 0 Å². The van der Waals surface area contributed by atoms with E-state index in [4.69, 9.17) is 9.47 Å². The van der Waals surface area contributed by atoms with Crippen LogP contribution in [0.15, 0.2) is 36.5 Å². The molecule has 0 aliphatic carbocycles.